The van der Waals surface area contributed by atoms with Crippen molar-refractivity contribution >= 4 is 29.0 Å². The number of aryl methyl sites for hydroxylation is 3. The predicted molar refractivity (Wildman–Crippen MR) is 111 cm³/mol. The van der Waals surface area contributed by atoms with Crippen molar-refractivity contribution in [3.05, 3.63) is 64.7 Å². The molecule has 0 atom stereocenters. The molecule has 0 saturated carbocycles. The van der Waals surface area contributed by atoms with Crippen LogP contribution in [0.2, 0.25) is 0 Å². The number of hydrogen-bond acceptors (Lipinski definition) is 5. The summed E-state index contributed by atoms with van der Waals surface area (Å²) in [6.07, 6.45) is 0. The zero-order chi connectivity index (χ0) is 20.1. The zero-order valence-electron chi connectivity index (χ0n) is 15.9. The van der Waals surface area contributed by atoms with Crippen molar-refractivity contribution in [3.63, 3.8) is 0 Å². The summed E-state index contributed by atoms with van der Waals surface area (Å²) < 4.78 is 5.45. The summed E-state index contributed by atoms with van der Waals surface area (Å²) in [6, 6.07) is 12.4. The van der Waals surface area contributed by atoms with Gasteiger partial charge in [-0.1, -0.05) is 17.7 Å². The van der Waals surface area contributed by atoms with Crippen LogP contribution in [0.4, 0.5) is 10.5 Å². The molecule has 0 aliphatic carbocycles. The Labute approximate surface area is 167 Å². The average Bonchev–Trinajstić information content (AvgIpc) is 3.09. The summed E-state index contributed by atoms with van der Waals surface area (Å²) in [4.78, 5) is 28.3. The van der Waals surface area contributed by atoms with E-state index in [0.717, 1.165) is 27.4 Å². The Bertz CT molecular complexity index is 996. The Hall–Kier alpha value is -3.19. The number of nitrogens with zero attached hydrogens (tertiary/aromatic N) is 1. The Morgan fingerprint density at radius 2 is 1.82 bits per heavy atom. The number of carbonyl (C=O) groups is 2. The van der Waals surface area contributed by atoms with Crippen molar-refractivity contribution in [2.24, 2.45) is 0 Å². The van der Waals surface area contributed by atoms with Crippen molar-refractivity contribution in [1.82, 2.24) is 10.3 Å². The number of imide groups is 1. The molecule has 2 N–H and O–H groups in total. The zero-order valence-corrected chi connectivity index (χ0v) is 16.7. The molecule has 0 spiro atoms. The van der Waals surface area contributed by atoms with Crippen LogP contribution in [0.5, 0.6) is 5.75 Å². The first kappa shape index (κ1) is 19.6. The fourth-order valence-corrected chi connectivity index (χ4v) is 3.40. The van der Waals surface area contributed by atoms with Gasteiger partial charge in [0, 0.05) is 22.3 Å². The summed E-state index contributed by atoms with van der Waals surface area (Å²) in [7, 11) is 0. The first-order chi connectivity index (χ1) is 13.4. The number of amides is 3. The molecule has 2 aromatic carbocycles. The standard InChI is InChI=1S/C21H21N3O3S/c1-13-4-9-18(14(2)10-13)23-21(26)24-19(25)11-27-17-7-5-16(6-8-17)20-22-15(3)12-28-20/h4-10,12H,11H2,1-3H3,(H2,23,24,25,26). The van der Waals surface area contributed by atoms with Crippen LogP contribution in [0.15, 0.2) is 47.8 Å². The lowest BCUT2D eigenvalue weighted by molar-refractivity contribution is -0.121. The maximum Gasteiger partial charge on any atom is 0.325 e. The van der Waals surface area contributed by atoms with E-state index < -0.39 is 11.9 Å². The van der Waals surface area contributed by atoms with Gasteiger partial charge in [0.05, 0.1) is 0 Å². The number of rotatable bonds is 5. The van der Waals surface area contributed by atoms with E-state index >= 15 is 0 Å². The number of benzene rings is 2. The third kappa shape index (κ3) is 5.17. The number of thiazole rings is 1. The minimum atomic E-state index is -0.588. The summed E-state index contributed by atoms with van der Waals surface area (Å²) in [5, 5.41) is 7.85. The van der Waals surface area contributed by atoms with Crippen LogP contribution in [0, 0.1) is 20.8 Å². The van der Waals surface area contributed by atoms with Gasteiger partial charge in [-0.15, -0.1) is 11.3 Å². The maximum absolute atomic E-state index is 12.0. The average molecular weight is 395 g/mol. The molecule has 1 aromatic heterocycles. The van der Waals surface area contributed by atoms with Gasteiger partial charge in [0.2, 0.25) is 0 Å². The van der Waals surface area contributed by atoms with Crippen LogP contribution in [0.25, 0.3) is 10.6 Å². The van der Waals surface area contributed by atoms with Gasteiger partial charge in [0.15, 0.2) is 6.61 Å². The summed E-state index contributed by atoms with van der Waals surface area (Å²) in [5.74, 6) is 0.0175. The van der Waals surface area contributed by atoms with E-state index in [1.807, 2.05) is 50.4 Å². The highest BCUT2D eigenvalue weighted by Crippen LogP contribution is 2.25. The molecule has 0 aliphatic heterocycles. The van der Waals surface area contributed by atoms with Crippen molar-refractivity contribution < 1.29 is 14.3 Å². The highest BCUT2D eigenvalue weighted by molar-refractivity contribution is 7.13. The lowest BCUT2D eigenvalue weighted by Gasteiger charge is -2.10. The van der Waals surface area contributed by atoms with E-state index in [-0.39, 0.29) is 6.61 Å². The van der Waals surface area contributed by atoms with Crippen LogP contribution in [-0.2, 0) is 4.79 Å². The van der Waals surface area contributed by atoms with Crippen LogP contribution >= 0.6 is 11.3 Å². The van der Waals surface area contributed by atoms with Gasteiger partial charge < -0.3 is 10.1 Å². The molecular formula is C21H21N3O3S. The normalized spacial score (nSPS) is 10.4. The molecular weight excluding hydrogens is 374 g/mol. The molecule has 3 rings (SSSR count). The number of carbonyl (C=O) groups excluding carboxylic acids is 2. The van der Waals surface area contributed by atoms with Crippen LogP contribution in [0.3, 0.4) is 0 Å². The second-order valence-electron chi connectivity index (χ2n) is 6.43. The first-order valence-electron chi connectivity index (χ1n) is 8.74. The molecule has 0 radical (unpaired) electrons. The molecule has 144 valence electrons. The molecule has 6 nitrogen and oxygen atoms in total. The number of aromatic nitrogens is 1. The van der Waals surface area contributed by atoms with E-state index in [1.165, 1.54) is 0 Å². The Balaban J connectivity index is 1.49. The second-order valence-corrected chi connectivity index (χ2v) is 7.29. The molecule has 3 amide bonds. The van der Waals surface area contributed by atoms with Gasteiger partial charge in [-0.05, 0) is 56.7 Å². The largest absolute Gasteiger partial charge is 0.484 e. The fraction of sp³-hybridized carbons (Fsp3) is 0.190. The van der Waals surface area contributed by atoms with Crippen LogP contribution in [0.1, 0.15) is 16.8 Å². The van der Waals surface area contributed by atoms with Gasteiger partial charge in [0.25, 0.3) is 5.91 Å². The topological polar surface area (TPSA) is 80.3 Å². The van der Waals surface area contributed by atoms with Gasteiger partial charge >= 0.3 is 6.03 Å². The predicted octanol–water partition coefficient (Wildman–Crippen LogP) is 4.46. The second kappa shape index (κ2) is 8.67. The van der Waals surface area contributed by atoms with Crippen molar-refractivity contribution in [3.8, 4) is 16.3 Å². The molecule has 0 fully saturated rings. The Morgan fingerprint density at radius 3 is 2.46 bits per heavy atom. The molecule has 0 saturated heterocycles. The third-order valence-electron chi connectivity index (χ3n) is 3.97. The van der Waals surface area contributed by atoms with Crippen LogP contribution < -0.4 is 15.4 Å². The van der Waals surface area contributed by atoms with E-state index in [9.17, 15) is 9.59 Å². The van der Waals surface area contributed by atoms with Gasteiger partial charge in [-0.3, -0.25) is 10.1 Å². The first-order valence-corrected chi connectivity index (χ1v) is 9.62. The van der Waals surface area contributed by atoms with Gasteiger partial charge in [-0.2, -0.15) is 0 Å². The summed E-state index contributed by atoms with van der Waals surface area (Å²) in [6.45, 7) is 5.56. The fourth-order valence-electron chi connectivity index (χ4n) is 2.60. The highest BCUT2D eigenvalue weighted by Gasteiger charge is 2.10. The smallest absolute Gasteiger partial charge is 0.325 e. The van der Waals surface area contributed by atoms with Gasteiger partial charge in [0.1, 0.15) is 10.8 Å². The molecule has 0 aliphatic rings. The summed E-state index contributed by atoms with van der Waals surface area (Å²) >= 11 is 1.58. The van der Waals surface area contributed by atoms with E-state index in [1.54, 1.807) is 29.5 Å². The minimum absolute atomic E-state index is 0.254. The highest BCUT2D eigenvalue weighted by atomic mass is 32.1. The number of urea groups is 1. The molecule has 28 heavy (non-hydrogen) atoms. The Morgan fingerprint density at radius 1 is 1.07 bits per heavy atom. The van der Waals surface area contributed by atoms with Crippen molar-refractivity contribution in [2.75, 3.05) is 11.9 Å². The number of nitrogens with one attached hydrogen (secondary N) is 2. The van der Waals surface area contributed by atoms with Crippen LogP contribution in [-0.4, -0.2) is 23.5 Å². The SMILES string of the molecule is Cc1ccc(NC(=O)NC(=O)COc2ccc(-c3nc(C)cs3)cc2)c(C)c1. The van der Waals surface area contributed by atoms with Crippen molar-refractivity contribution in [1.29, 1.82) is 0 Å². The molecule has 1 heterocycles. The monoisotopic (exact) mass is 395 g/mol. The summed E-state index contributed by atoms with van der Waals surface area (Å²) in [5.41, 5.74) is 4.65. The number of hydrogen-bond donors (Lipinski definition) is 2. The Kier molecular flexibility index (Phi) is 6.06. The quantitative estimate of drug-likeness (QED) is 0.668. The third-order valence-corrected chi connectivity index (χ3v) is 4.98. The van der Waals surface area contributed by atoms with E-state index in [2.05, 4.69) is 15.6 Å². The van der Waals surface area contributed by atoms with E-state index in [0.29, 0.717) is 11.4 Å². The molecule has 0 bridgehead atoms. The lowest BCUT2D eigenvalue weighted by atomic mass is 10.1. The van der Waals surface area contributed by atoms with Gasteiger partial charge in [-0.25, -0.2) is 9.78 Å². The molecule has 0 unspecified atom stereocenters. The van der Waals surface area contributed by atoms with E-state index in [4.69, 9.17) is 4.74 Å². The van der Waals surface area contributed by atoms with Crippen molar-refractivity contribution in [2.45, 2.75) is 20.8 Å². The lowest BCUT2D eigenvalue weighted by Crippen LogP contribution is -2.37. The maximum atomic E-state index is 12.0. The number of anilines is 1. The number of ether oxygens (including phenoxy) is 1. The minimum Gasteiger partial charge on any atom is -0.484 e. The molecule has 3 aromatic rings. The molecule has 7 heteroatoms.